The van der Waals surface area contributed by atoms with Crippen LogP contribution in [0.15, 0.2) is 30.6 Å². The minimum Gasteiger partial charge on any atom is -0.345 e. The average Bonchev–Trinajstić information content (AvgIpc) is 3.44. The fourth-order valence-corrected chi connectivity index (χ4v) is 4.23. The lowest BCUT2D eigenvalue weighted by Gasteiger charge is -2.11. The van der Waals surface area contributed by atoms with Crippen molar-refractivity contribution in [2.75, 3.05) is 4.72 Å². The van der Waals surface area contributed by atoms with Gasteiger partial charge in [-0.2, -0.15) is 5.26 Å². The van der Waals surface area contributed by atoms with Crippen LogP contribution in [-0.4, -0.2) is 29.4 Å². The normalized spacial score (nSPS) is 14.0. The highest BCUT2D eigenvalue weighted by atomic mass is 32.2. The zero-order valence-electron chi connectivity index (χ0n) is 14.2. The number of nitrogens with one attached hydrogen (secondary N) is 2. The highest BCUT2D eigenvalue weighted by Crippen LogP contribution is 2.32. The third kappa shape index (κ3) is 2.99. The maximum Gasteiger partial charge on any atom is 0.235 e. The second kappa shape index (κ2) is 6.38. The summed E-state index contributed by atoms with van der Waals surface area (Å²) in [6, 6.07) is 5.02. The van der Waals surface area contributed by atoms with E-state index in [0.717, 1.165) is 12.1 Å². The van der Waals surface area contributed by atoms with Gasteiger partial charge in [-0.15, -0.1) is 0 Å². The smallest absolute Gasteiger partial charge is 0.235 e. The lowest BCUT2D eigenvalue weighted by Crippen LogP contribution is -2.19. The van der Waals surface area contributed by atoms with E-state index in [4.69, 9.17) is 5.26 Å². The summed E-state index contributed by atoms with van der Waals surface area (Å²) in [6.07, 6.45) is 3.46. The molecule has 7 nitrogen and oxygen atoms in total. The lowest BCUT2D eigenvalue weighted by molar-refractivity contribution is 0.103. The minimum absolute atomic E-state index is 0.0837. The highest BCUT2D eigenvalue weighted by Gasteiger charge is 2.36. The van der Waals surface area contributed by atoms with Crippen molar-refractivity contribution < 1.29 is 22.0 Å². The topological polar surface area (TPSA) is 116 Å². The number of anilines is 1. The summed E-state index contributed by atoms with van der Waals surface area (Å²) in [5, 5.41) is 8.61. The number of nitriles is 1. The number of carbonyl (C=O) groups is 1. The fraction of sp³-hybridized carbons (Fsp3) is 0.167. The Balaban J connectivity index is 1.80. The largest absolute Gasteiger partial charge is 0.345 e. The third-order valence-corrected chi connectivity index (χ3v) is 6.29. The van der Waals surface area contributed by atoms with Crippen LogP contribution in [0.3, 0.4) is 0 Å². The Bertz CT molecular complexity index is 1270. The number of nitrogens with zero attached hydrogens (tertiary/aromatic N) is 2. The summed E-state index contributed by atoms with van der Waals surface area (Å²) in [5.74, 6) is -3.42. The zero-order chi connectivity index (χ0) is 20.1. The Kier molecular flexibility index (Phi) is 4.12. The molecule has 0 aliphatic heterocycles. The molecule has 0 saturated heterocycles. The van der Waals surface area contributed by atoms with Crippen molar-refractivity contribution in [2.24, 2.45) is 0 Å². The molecule has 28 heavy (non-hydrogen) atoms. The number of fused-ring (bicyclic) bond motifs is 1. The molecular formula is C18H12F2N4O3S. The Morgan fingerprint density at radius 2 is 2.07 bits per heavy atom. The first kappa shape index (κ1) is 18.1. The summed E-state index contributed by atoms with van der Waals surface area (Å²) < 4.78 is 55.4. The van der Waals surface area contributed by atoms with Crippen molar-refractivity contribution in [1.29, 1.82) is 5.26 Å². The van der Waals surface area contributed by atoms with Crippen molar-refractivity contribution in [2.45, 2.75) is 18.1 Å². The molecule has 0 amide bonds. The van der Waals surface area contributed by atoms with Crippen LogP contribution in [0.5, 0.6) is 0 Å². The van der Waals surface area contributed by atoms with Gasteiger partial charge in [-0.1, -0.05) is 0 Å². The van der Waals surface area contributed by atoms with E-state index in [0.29, 0.717) is 12.8 Å². The molecule has 0 unspecified atom stereocenters. The van der Waals surface area contributed by atoms with Gasteiger partial charge in [0.05, 0.1) is 22.1 Å². The number of rotatable bonds is 5. The summed E-state index contributed by atoms with van der Waals surface area (Å²) >= 11 is 0. The minimum atomic E-state index is -3.79. The number of pyridine rings is 1. The number of hydrogen-bond donors (Lipinski definition) is 2. The number of benzene rings is 1. The standard InChI is InChI=1S/C18H12F2N4O3S/c19-13-3-4-14(24-28(26,27)10-1-2-10)16(20)15(13)17(25)12-8-23-18-11(12)5-9(6-21)7-22-18/h3-5,7-8,10,24H,1-2H2,(H,22,23). The van der Waals surface area contributed by atoms with Crippen molar-refractivity contribution in [1.82, 2.24) is 9.97 Å². The zero-order valence-corrected chi connectivity index (χ0v) is 15.0. The van der Waals surface area contributed by atoms with E-state index >= 15 is 0 Å². The number of halogens is 2. The number of hydrogen-bond acceptors (Lipinski definition) is 5. The van der Waals surface area contributed by atoms with Gasteiger partial charge in [-0.05, 0) is 31.0 Å². The summed E-state index contributed by atoms with van der Waals surface area (Å²) in [6.45, 7) is 0. The van der Waals surface area contributed by atoms with E-state index < -0.39 is 43.9 Å². The van der Waals surface area contributed by atoms with Crippen LogP contribution in [0, 0.1) is 23.0 Å². The van der Waals surface area contributed by atoms with E-state index in [2.05, 4.69) is 14.7 Å². The SMILES string of the molecule is N#Cc1cnc2[nH]cc(C(=O)c3c(F)ccc(NS(=O)(=O)C4CC4)c3F)c2c1. The molecular weight excluding hydrogens is 390 g/mol. The number of sulfonamides is 1. The maximum absolute atomic E-state index is 14.9. The van der Waals surface area contributed by atoms with Crippen LogP contribution < -0.4 is 4.72 Å². The molecule has 1 aliphatic rings. The molecule has 0 atom stereocenters. The number of aromatic amines is 1. The van der Waals surface area contributed by atoms with Gasteiger partial charge in [-0.25, -0.2) is 22.2 Å². The van der Waals surface area contributed by atoms with Crippen LogP contribution in [0.2, 0.25) is 0 Å². The number of aromatic nitrogens is 2. The molecule has 10 heteroatoms. The molecule has 0 bridgehead atoms. The van der Waals surface area contributed by atoms with Gasteiger partial charge >= 0.3 is 0 Å². The third-order valence-electron chi connectivity index (χ3n) is 4.44. The molecule has 2 aromatic heterocycles. The van der Waals surface area contributed by atoms with E-state index in [1.807, 2.05) is 6.07 Å². The maximum atomic E-state index is 14.9. The van der Waals surface area contributed by atoms with E-state index in [-0.39, 0.29) is 22.2 Å². The van der Waals surface area contributed by atoms with Gasteiger partial charge < -0.3 is 4.98 Å². The molecule has 4 rings (SSSR count). The molecule has 1 aliphatic carbocycles. The molecule has 1 fully saturated rings. The quantitative estimate of drug-likeness (QED) is 0.637. The molecule has 2 N–H and O–H groups in total. The molecule has 142 valence electrons. The molecule has 0 radical (unpaired) electrons. The molecule has 0 spiro atoms. The molecule has 3 aromatic rings. The van der Waals surface area contributed by atoms with E-state index in [1.54, 1.807) is 0 Å². The Morgan fingerprint density at radius 3 is 2.75 bits per heavy atom. The number of ketones is 1. The lowest BCUT2D eigenvalue weighted by atomic mass is 10.0. The predicted molar refractivity (Wildman–Crippen MR) is 96.2 cm³/mol. The van der Waals surface area contributed by atoms with Crippen LogP contribution in [0.25, 0.3) is 11.0 Å². The Hall–Kier alpha value is -3.32. The molecule has 1 aromatic carbocycles. The van der Waals surface area contributed by atoms with Crippen molar-refractivity contribution in [3.05, 3.63) is 58.9 Å². The van der Waals surface area contributed by atoms with Gasteiger partial charge in [0.25, 0.3) is 0 Å². The predicted octanol–water partition coefficient (Wildman–Crippen LogP) is 2.85. The number of H-pyrrole nitrogens is 1. The average molecular weight is 402 g/mol. The first-order chi connectivity index (χ1) is 13.3. The van der Waals surface area contributed by atoms with Gasteiger partial charge in [0.15, 0.2) is 5.82 Å². The van der Waals surface area contributed by atoms with E-state index in [9.17, 15) is 22.0 Å². The van der Waals surface area contributed by atoms with Gasteiger partial charge in [0.2, 0.25) is 15.8 Å². The van der Waals surface area contributed by atoms with E-state index in [1.165, 1.54) is 18.5 Å². The first-order valence-electron chi connectivity index (χ1n) is 8.23. The van der Waals surface area contributed by atoms with Gasteiger partial charge in [0.1, 0.15) is 17.5 Å². The Labute approximate surface area is 158 Å². The van der Waals surface area contributed by atoms with Crippen LogP contribution >= 0.6 is 0 Å². The summed E-state index contributed by atoms with van der Waals surface area (Å²) in [7, 11) is -3.79. The van der Waals surface area contributed by atoms with Gasteiger partial charge in [0, 0.05) is 23.3 Å². The van der Waals surface area contributed by atoms with Gasteiger partial charge in [-0.3, -0.25) is 9.52 Å². The van der Waals surface area contributed by atoms with Crippen LogP contribution in [0.4, 0.5) is 14.5 Å². The Morgan fingerprint density at radius 1 is 1.32 bits per heavy atom. The van der Waals surface area contributed by atoms with Crippen LogP contribution in [-0.2, 0) is 10.0 Å². The summed E-state index contributed by atoms with van der Waals surface area (Å²) in [5.41, 5.74) is -1.02. The van der Waals surface area contributed by atoms with Crippen molar-refractivity contribution in [3.63, 3.8) is 0 Å². The fourth-order valence-electron chi connectivity index (χ4n) is 2.84. The molecule has 2 heterocycles. The van der Waals surface area contributed by atoms with Crippen molar-refractivity contribution in [3.8, 4) is 6.07 Å². The number of carbonyl (C=O) groups excluding carboxylic acids is 1. The molecule has 1 saturated carbocycles. The van der Waals surface area contributed by atoms with Crippen molar-refractivity contribution >= 4 is 32.5 Å². The van der Waals surface area contributed by atoms with Crippen LogP contribution in [0.1, 0.15) is 34.3 Å². The second-order valence-corrected chi connectivity index (χ2v) is 8.35. The first-order valence-corrected chi connectivity index (χ1v) is 9.78. The highest BCUT2D eigenvalue weighted by molar-refractivity contribution is 7.93. The summed E-state index contributed by atoms with van der Waals surface area (Å²) in [4.78, 5) is 19.5. The monoisotopic (exact) mass is 402 g/mol. The second-order valence-electron chi connectivity index (χ2n) is 6.39.